The van der Waals surface area contributed by atoms with Crippen molar-refractivity contribution in [2.75, 3.05) is 26.9 Å². The average Bonchev–Trinajstić information content (AvgIpc) is 3.15. The van der Waals surface area contributed by atoms with E-state index in [-0.39, 0.29) is 18.5 Å². The quantitative estimate of drug-likeness (QED) is 0.417. The Morgan fingerprint density at radius 1 is 1.15 bits per heavy atom. The van der Waals surface area contributed by atoms with Crippen molar-refractivity contribution in [1.82, 2.24) is 9.88 Å². The van der Waals surface area contributed by atoms with E-state index < -0.39 is 12.0 Å². The Balaban J connectivity index is 1.81. The van der Waals surface area contributed by atoms with Gasteiger partial charge in [-0.15, -0.1) is 0 Å². The lowest BCUT2D eigenvalue weighted by molar-refractivity contribution is -0.145. The van der Waals surface area contributed by atoms with Gasteiger partial charge in [0.05, 0.1) is 35.7 Å². The molecular weight excluding hydrogens is 456 g/mol. The van der Waals surface area contributed by atoms with Crippen LogP contribution in [0.1, 0.15) is 52.5 Å². The number of halogens is 1. The van der Waals surface area contributed by atoms with E-state index in [9.17, 15) is 14.7 Å². The lowest BCUT2D eigenvalue weighted by Gasteiger charge is -2.19. The smallest absolute Gasteiger partial charge is 0.313 e. The molecule has 1 aromatic heterocycles. The van der Waals surface area contributed by atoms with Gasteiger partial charge >= 0.3 is 5.97 Å². The molecule has 0 saturated carbocycles. The number of methoxy groups -OCH3 is 1. The molecule has 0 saturated heterocycles. The fourth-order valence-corrected chi connectivity index (χ4v) is 4.39. The summed E-state index contributed by atoms with van der Waals surface area (Å²) < 4.78 is 12.1. The molecule has 2 atom stereocenters. The number of benzene rings is 2. The summed E-state index contributed by atoms with van der Waals surface area (Å²) in [6.07, 6.45) is 0.498. The molecule has 34 heavy (non-hydrogen) atoms. The van der Waals surface area contributed by atoms with E-state index in [4.69, 9.17) is 21.1 Å². The van der Waals surface area contributed by atoms with Crippen LogP contribution in [-0.2, 0) is 21.3 Å². The third-order valence-corrected chi connectivity index (χ3v) is 6.21. The van der Waals surface area contributed by atoms with E-state index in [0.29, 0.717) is 30.4 Å². The van der Waals surface area contributed by atoms with Crippen LogP contribution in [0, 0.1) is 6.92 Å². The first-order valence-electron chi connectivity index (χ1n) is 11.2. The summed E-state index contributed by atoms with van der Waals surface area (Å²) in [7, 11) is 3.40. The minimum atomic E-state index is -0.614. The highest BCUT2D eigenvalue weighted by Gasteiger charge is 2.23. The molecule has 8 heteroatoms. The highest BCUT2D eigenvalue weighted by Crippen LogP contribution is 2.29. The fraction of sp³-hybridized carbons (Fsp3) is 0.385. The fourth-order valence-electron chi connectivity index (χ4n) is 4.06. The molecule has 0 bridgehead atoms. The average molecular weight is 487 g/mol. The van der Waals surface area contributed by atoms with Crippen LogP contribution in [0.5, 0.6) is 0 Å². The van der Waals surface area contributed by atoms with Crippen molar-refractivity contribution in [2.45, 2.75) is 32.2 Å². The van der Waals surface area contributed by atoms with E-state index in [0.717, 1.165) is 27.6 Å². The molecule has 0 spiro atoms. The molecule has 2 N–H and O–H groups in total. The molecule has 182 valence electrons. The van der Waals surface area contributed by atoms with Gasteiger partial charge in [-0.25, -0.2) is 0 Å². The monoisotopic (exact) mass is 486 g/mol. The van der Waals surface area contributed by atoms with Gasteiger partial charge in [-0.05, 0) is 55.2 Å². The minimum Gasteiger partial charge on any atom is -0.466 e. The number of hydrogen-bond acceptors (Lipinski definition) is 5. The number of aromatic nitrogens is 1. The summed E-state index contributed by atoms with van der Waals surface area (Å²) in [5.41, 5.74) is 3.83. The third kappa shape index (κ3) is 5.60. The first-order chi connectivity index (χ1) is 16.3. The molecule has 1 amide bonds. The number of ether oxygens (including phenoxy) is 2. The molecule has 7 nitrogen and oxygen atoms in total. The zero-order valence-electron chi connectivity index (χ0n) is 19.9. The van der Waals surface area contributed by atoms with Crippen LogP contribution in [0.25, 0.3) is 10.9 Å². The Morgan fingerprint density at radius 2 is 1.82 bits per heavy atom. The highest BCUT2D eigenvalue weighted by atomic mass is 35.5. The molecule has 0 aliphatic rings. The second-order valence-electron chi connectivity index (χ2n) is 8.23. The normalized spacial score (nSPS) is 13.0. The summed E-state index contributed by atoms with van der Waals surface area (Å²) >= 11 is 6.37. The zero-order chi connectivity index (χ0) is 24.8. The Kier molecular flexibility index (Phi) is 8.72. The first-order valence-corrected chi connectivity index (χ1v) is 11.6. The topological polar surface area (TPSA) is 89.8 Å². The summed E-state index contributed by atoms with van der Waals surface area (Å²) in [5, 5.41) is 14.3. The van der Waals surface area contributed by atoms with E-state index >= 15 is 0 Å². The van der Waals surface area contributed by atoms with Crippen molar-refractivity contribution < 1.29 is 24.2 Å². The van der Waals surface area contributed by atoms with E-state index in [2.05, 4.69) is 5.32 Å². The molecule has 0 radical (unpaired) electrons. The van der Waals surface area contributed by atoms with Gasteiger partial charge in [0.2, 0.25) is 0 Å². The van der Waals surface area contributed by atoms with Crippen LogP contribution in [-0.4, -0.2) is 48.5 Å². The molecule has 0 aliphatic carbocycles. The number of rotatable bonds is 10. The van der Waals surface area contributed by atoms with E-state index in [1.165, 1.54) is 0 Å². The van der Waals surface area contributed by atoms with E-state index in [1.807, 2.05) is 38.2 Å². The number of nitrogens with zero attached hydrogens (tertiary/aromatic N) is 1. The van der Waals surface area contributed by atoms with Crippen LogP contribution in [0.3, 0.4) is 0 Å². The van der Waals surface area contributed by atoms with Crippen LogP contribution in [0.4, 0.5) is 0 Å². The Labute approximate surface area is 204 Å². The maximum Gasteiger partial charge on any atom is 0.313 e. The lowest BCUT2D eigenvalue weighted by Crippen LogP contribution is -2.32. The number of fused-ring (bicyclic) bond motifs is 1. The lowest BCUT2D eigenvalue weighted by atomic mass is 9.94. The Bertz CT molecular complexity index is 1160. The summed E-state index contributed by atoms with van der Waals surface area (Å²) in [5.74, 6) is -1.07. The van der Waals surface area contributed by atoms with Crippen LogP contribution >= 0.6 is 11.6 Å². The maximum atomic E-state index is 13.1. The number of aryl methyl sites for hydroxylation is 2. The molecule has 0 aliphatic heterocycles. The van der Waals surface area contributed by atoms with E-state index in [1.54, 1.807) is 36.8 Å². The van der Waals surface area contributed by atoms with Gasteiger partial charge in [-0.1, -0.05) is 35.9 Å². The molecule has 3 rings (SSSR count). The van der Waals surface area contributed by atoms with Gasteiger partial charge in [0, 0.05) is 26.2 Å². The number of nitrogens with one attached hydrogen (secondary N) is 1. The van der Waals surface area contributed by atoms with Crippen molar-refractivity contribution in [2.24, 2.45) is 7.05 Å². The SMILES string of the molecule is CCOC(=O)C(CCOC)c1ccc([C@@H](CO)NC(=O)c2cc3c(Cl)cc(C)cc3n2C)cc1. The second-order valence-corrected chi connectivity index (χ2v) is 8.64. The number of carbonyl (C=O) groups is 2. The Hall–Kier alpha value is -2.87. The second kappa shape index (κ2) is 11.5. The number of hydrogen-bond donors (Lipinski definition) is 2. The predicted octanol–water partition coefficient (Wildman–Crippen LogP) is 4.29. The number of carbonyl (C=O) groups excluding carboxylic acids is 2. The van der Waals surface area contributed by atoms with Crippen molar-refractivity contribution in [3.8, 4) is 0 Å². The summed E-state index contributed by atoms with van der Waals surface area (Å²) in [6, 6.07) is 12.2. The standard InChI is InChI=1S/C26H31ClN2O5/c1-5-34-26(32)19(10-11-33-4)17-6-8-18(9-7-17)22(15-30)28-25(31)24-14-20-21(27)12-16(2)13-23(20)29(24)3/h6-9,12-14,19,22,30H,5,10-11,15H2,1-4H3,(H,28,31)/t19?,22-/m1/s1. The van der Waals surface area contributed by atoms with Gasteiger partial charge in [-0.2, -0.15) is 0 Å². The number of aliphatic hydroxyl groups is 1. The van der Waals surface area contributed by atoms with Gasteiger partial charge < -0.3 is 24.5 Å². The summed E-state index contributed by atoms with van der Waals surface area (Å²) in [6.45, 7) is 4.17. The molecule has 1 unspecified atom stereocenters. The largest absolute Gasteiger partial charge is 0.466 e. The summed E-state index contributed by atoms with van der Waals surface area (Å²) in [4.78, 5) is 25.5. The third-order valence-electron chi connectivity index (χ3n) is 5.90. The number of aliphatic hydroxyl groups excluding tert-OH is 1. The number of amides is 1. The highest BCUT2D eigenvalue weighted by molar-refractivity contribution is 6.35. The van der Waals surface area contributed by atoms with Gasteiger partial charge in [-0.3, -0.25) is 9.59 Å². The van der Waals surface area contributed by atoms with Crippen molar-refractivity contribution in [1.29, 1.82) is 0 Å². The molecule has 1 heterocycles. The predicted molar refractivity (Wildman–Crippen MR) is 132 cm³/mol. The van der Waals surface area contributed by atoms with Crippen LogP contribution in [0.15, 0.2) is 42.5 Å². The molecule has 0 fully saturated rings. The molecule has 2 aromatic carbocycles. The zero-order valence-corrected chi connectivity index (χ0v) is 20.7. The Morgan fingerprint density at radius 3 is 2.44 bits per heavy atom. The van der Waals surface area contributed by atoms with Crippen molar-refractivity contribution in [3.05, 3.63) is 69.9 Å². The van der Waals surface area contributed by atoms with Gasteiger partial charge in [0.15, 0.2) is 0 Å². The van der Waals surface area contributed by atoms with Crippen LogP contribution in [0.2, 0.25) is 5.02 Å². The molecular formula is C26H31ClN2O5. The minimum absolute atomic E-state index is 0.278. The molecule has 3 aromatic rings. The van der Waals surface area contributed by atoms with Gasteiger partial charge in [0.25, 0.3) is 5.91 Å². The van der Waals surface area contributed by atoms with Crippen molar-refractivity contribution >= 4 is 34.4 Å². The maximum absolute atomic E-state index is 13.1. The van der Waals surface area contributed by atoms with Crippen molar-refractivity contribution in [3.63, 3.8) is 0 Å². The van der Waals surface area contributed by atoms with Gasteiger partial charge in [0.1, 0.15) is 5.69 Å². The first kappa shape index (κ1) is 25.7. The number of esters is 1. The van der Waals surface area contributed by atoms with Crippen LogP contribution < -0.4 is 5.32 Å².